The Hall–Kier alpha value is -2.72. The maximum atomic E-state index is 5.81. The lowest BCUT2D eigenvalue weighted by Crippen LogP contribution is -1.95. The fraction of sp³-hybridized carbons (Fsp3) is 0.0476. The zero-order chi connectivity index (χ0) is 17.3. The minimum atomic E-state index is 0.545. The molecule has 0 aromatic heterocycles. The van der Waals surface area contributed by atoms with Crippen molar-refractivity contribution in [1.29, 1.82) is 0 Å². The van der Waals surface area contributed by atoms with E-state index in [4.69, 9.17) is 4.74 Å². The lowest BCUT2D eigenvalue weighted by Gasteiger charge is -2.06. The summed E-state index contributed by atoms with van der Waals surface area (Å²) >= 11 is 3.41. The molecule has 0 aliphatic heterocycles. The molecule has 0 aliphatic rings. The normalized spacial score (nSPS) is 11.2. The van der Waals surface area contributed by atoms with Crippen molar-refractivity contribution in [3.63, 3.8) is 0 Å². The number of hydrogen-bond donors (Lipinski definition) is 0. The van der Waals surface area contributed by atoms with Crippen LogP contribution in [0.2, 0.25) is 0 Å². The smallest absolute Gasteiger partial charge is 0.120 e. The molecule has 3 aromatic carbocycles. The van der Waals surface area contributed by atoms with Crippen LogP contribution in [0.5, 0.6) is 5.75 Å². The quantitative estimate of drug-likeness (QED) is 0.403. The molecule has 3 rings (SSSR count). The minimum absolute atomic E-state index is 0.545. The van der Waals surface area contributed by atoms with Crippen molar-refractivity contribution < 1.29 is 4.74 Å². The first-order valence-electron chi connectivity index (χ1n) is 7.88. The average Bonchev–Trinajstić information content (AvgIpc) is 2.66. The summed E-state index contributed by atoms with van der Waals surface area (Å²) in [6, 6.07) is 25.8. The number of rotatable bonds is 6. The summed E-state index contributed by atoms with van der Waals surface area (Å²) in [5.74, 6) is 0.810. The number of nitrogens with zero attached hydrogens (tertiary/aromatic N) is 2. The van der Waals surface area contributed by atoms with Crippen LogP contribution in [-0.2, 0) is 6.61 Å². The Labute approximate surface area is 155 Å². The Kier molecular flexibility index (Phi) is 6.12. The molecule has 0 atom stereocenters. The number of ether oxygens (including phenoxy) is 1. The molecule has 25 heavy (non-hydrogen) atoms. The molecule has 0 radical (unpaired) electrons. The van der Waals surface area contributed by atoms with Crippen molar-refractivity contribution in [1.82, 2.24) is 0 Å². The Morgan fingerprint density at radius 1 is 0.760 bits per heavy atom. The monoisotopic (exact) mass is 392 g/mol. The molecule has 0 saturated heterocycles. The fourth-order valence-electron chi connectivity index (χ4n) is 2.17. The van der Waals surface area contributed by atoms with Gasteiger partial charge in [-0.25, -0.2) is 0 Å². The van der Waals surface area contributed by atoms with E-state index in [0.29, 0.717) is 6.61 Å². The number of benzene rings is 3. The molecule has 0 aliphatic carbocycles. The van der Waals surface area contributed by atoms with Gasteiger partial charge in [-0.3, -0.25) is 0 Å². The van der Waals surface area contributed by atoms with Gasteiger partial charge in [0.05, 0.1) is 12.4 Å². The first kappa shape index (κ1) is 17.1. The molecule has 0 unspecified atom stereocenters. The molecular weight excluding hydrogens is 376 g/mol. The van der Waals surface area contributed by atoms with Gasteiger partial charge in [-0.05, 0) is 41.0 Å². The van der Waals surface area contributed by atoms with Crippen molar-refractivity contribution in [2.45, 2.75) is 6.61 Å². The van der Waals surface area contributed by atoms with E-state index in [2.05, 4.69) is 26.1 Å². The zero-order valence-electron chi connectivity index (χ0n) is 13.5. The topological polar surface area (TPSA) is 34.0 Å². The molecule has 0 fully saturated rings. The summed E-state index contributed by atoms with van der Waals surface area (Å²) in [5, 5.41) is 8.17. The molecule has 124 valence electrons. The van der Waals surface area contributed by atoms with Gasteiger partial charge in [-0.2, -0.15) is 10.2 Å². The number of halogens is 1. The van der Waals surface area contributed by atoms with Gasteiger partial charge < -0.3 is 4.74 Å². The average molecular weight is 393 g/mol. The van der Waals surface area contributed by atoms with Gasteiger partial charge in [0.1, 0.15) is 12.4 Å². The fourth-order valence-corrected chi connectivity index (χ4v) is 2.44. The van der Waals surface area contributed by atoms with Crippen molar-refractivity contribution in [2.75, 3.05) is 0 Å². The van der Waals surface area contributed by atoms with Crippen LogP contribution in [0, 0.1) is 0 Å². The summed E-state index contributed by atoms with van der Waals surface area (Å²) in [6.45, 7) is 0.545. The van der Waals surface area contributed by atoms with Gasteiger partial charge in [-0.1, -0.05) is 70.5 Å². The third-order valence-electron chi connectivity index (χ3n) is 3.46. The summed E-state index contributed by atoms with van der Waals surface area (Å²) in [7, 11) is 0. The van der Waals surface area contributed by atoms with Gasteiger partial charge in [0, 0.05) is 4.47 Å². The highest BCUT2D eigenvalue weighted by atomic mass is 79.9. The molecule has 0 amide bonds. The van der Waals surface area contributed by atoms with Gasteiger partial charge >= 0.3 is 0 Å². The Morgan fingerprint density at radius 2 is 1.48 bits per heavy atom. The maximum Gasteiger partial charge on any atom is 0.120 e. The molecule has 0 bridgehead atoms. The summed E-state index contributed by atoms with van der Waals surface area (Å²) in [4.78, 5) is 0. The second-order valence-electron chi connectivity index (χ2n) is 5.39. The largest absolute Gasteiger partial charge is 0.489 e. The van der Waals surface area contributed by atoms with Crippen LogP contribution in [0.25, 0.3) is 0 Å². The van der Waals surface area contributed by atoms with Gasteiger partial charge in [0.15, 0.2) is 0 Å². The van der Waals surface area contributed by atoms with Crippen LogP contribution in [0.4, 0.5) is 0 Å². The highest BCUT2D eigenvalue weighted by molar-refractivity contribution is 9.10. The van der Waals surface area contributed by atoms with Crippen molar-refractivity contribution in [2.24, 2.45) is 10.2 Å². The minimum Gasteiger partial charge on any atom is -0.489 e. The predicted octanol–water partition coefficient (Wildman–Crippen LogP) is 5.48. The molecule has 0 spiro atoms. The van der Waals surface area contributed by atoms with Crippen molar-refractivity contribution in [3.8, 4) is 5.75 Å². The summed E-state index contributed by atoms with van der Waals surface area (Å²) < 4.78 is 6.86. The predicted molar refractivity (Wildman–Crippen MR) is 107 cm³/mol. The van der Waals surface area contributed by atoms with Gasteiger partial charge in [0.25, 0.3) is 0 Å². The van der Waals surface area contributed by atoms with E-state index in [1.54, 1.807) is 12.4 Å². The van der Waals surface area contributed by atoms with Crippen LogP contribution in [0.1, 0.15) is 16.7 Å². The molecule has 0 heterocycles. The van der Waals surface area contributed by atoms with E-state index in [-0.39, 0.29) is 0 Å². The number of hydrogen-bond acceptors (Lipinski definition) is 3. The van der Waals surface area contributed by atoms with Crippen LogP contribution in [-0.4, -0.2) is 12.4 Å². The highest BCUT2D eigenvalue weighted by Gasteiger charge is 1.96. The summed E-state index contributed by atoms with van der Waals surface area (Å²) in [5.41, 5.74) is 3.08. The molecular formula is C21H17BrN2O. The van der Waals surface area contributed by atoms with Crippen LogP contribution in [0.3, 0.4) is 0 Å². The second-order valence-corrected chi connectivity index (χ2v) is 6.30. The van der Waals surface area contributed by atoms with Crippen LogP contribution in [0.15, 0.2) is 93.5 Å². The van der Waals surface area contributed by atoms with Gasteiger partial charge in [-0.15, -0.1) is 0 Å². The SMILES string of the molecule is Brc1ccc(/C=N\N=C/c2cccc(OCc3ccccc3)c2)cc1. The first-order valence-corrected chi connectivity index (χ1v) is 8.68. The van der Waals surface area contributed by atoms with Crippen molar-refractivity contribution in [3.05, 3.63) is 100 Å². The Balaban J connectivity index is 1.58. The highest BCUT2D eigenvalue weighted by Crippen LogP contribution is 2.14. The first-order chi connectivity index (χ1) is 12.3. The lowest BCUT2D eigenvalue weighted by atomic mass is 10.2. The van der Waals surface area contributed by atoms with E-state index in [9.17, 15) is 0 Å². The third-order valence-corrected chi connectivity index (χ3v) is 3.99. The summed E-state index contributed by atoms with van der Waals surface area (Å²) in [6.07, 6.45) is 3.43. The lowest BCUT2D eigenvalue weighted by molar-refractivity contribution is 0.306. The van der Waals surface area contributed by atoms with Crippen LogP contribution >= 0.6 is 15.9 Å². The van der Waals surface area contributed by atoms with Crippen molar-refractivity contribution >= 4 is 28.4 Å². The Bertz CT molecular complexity index is 859. The van der Waals surface area contributed by atoms with E-state index in [0.717, 1.165) is 26.9 Å². The second kappa shape index (κ2) is 8.94. The van der Waals surface area contributed by atoms with E-state index in [1.165, 1.54) is 0 Å². The standard InChI is InChI=1S/C21H17BrN2O/c22-20-11-9-17(10-12-20)14-23-24-15-19-7-4-8-21(13-19)25-16-18-5-2-1-3-6-18/h1-15H,16H2/b23-14-,24-15-. The van der Waals surface area contributed by atoms with Crippen LogP contribution < -0.4 is 4.74 Å². The van der Waals surface area contributed by atoms with Gasteiger partial charge in [0.2, 0.25) is 0 Å². The maximum absolute atomic E-state index is 5.81. The zero-order valence-corrected chi connectivity index (χ0v) is 15.1. The van der Waals surface area contributed by atoms with E-state index >= 15 is 0 Å². The molecule has 4 heteroatoms. The van der Waals surface area contributed by atoms with E-state index < -0.39 is 0 Å². The molecule has 0 N–H and O–H groups in total. The third kappa shape index (κ3) is 5.69. The van der Waals surface area contributed by atoms with E-state index in [1.807, 2.05) is 78.9 Å². The Morgan fingerprint density at radius 3 is 2.24 bits per heavy atom. The molecule has 3 nitrogen and oxygen atoms in total. The molecule has 3 aromatic rings. The molecule has 0 saturated carbocycles.